The van der Waals surface area contributed by atoms with Crippen molar-refractivity contribution in [2.45, 2.75) is 38.8 Å². The van der Waals surface area contributed by atoms with E-state index in [4.69, 9.17) is 5.73 Å². The molecule has 2 atom stereocenters. The first kappa shape index (κ1) is 13.9. The monoisotopic (exact) mass is 261 g/mol. The summed E-state index contributed by atoms with van der Waals surface area (Å²) in [6.07, 6.45) is 1.65. The normalized spacial score (nSPS) is 23.9. The molecule has 0 radical (unpaired) electrons. The number of nitrogens with one attached hydrogen (secondary N) is 1. The van der Waals surface area contributed by atoms with Gasteiger partial charge in [0.15, 0.2) is 0 Å². The van der Waals surface area contributed by atoms with E-state index in [1.807, 2.05) is 6.07 Å². The Morgan fingerprint density at radius 1 is 1.47 bits per heavy atom. The molecule has 0 aliphatic carbocycles. The molecule has 2 rings (SSSR count). The molecule has 0 bridgehead atoms. The number of hydrogen-bond acceptors (Lipinski definition) is 3. The largest absolute Gasteiger partial charge is 0.359 e. The molecule has 1 fully saturated rings. The number of amides is 1. The number of rotatable bonds is 3. The number of nitrogens with two attached hydrogens (primary N) is 1. The molecule has 19 heavy (non-hydrogen) atoms. The maximum absolute atomic E-state index is 12.3. The van der Waals surface area contributed by atoms with Gasteiger partial charge in [-0.3, -0.25) is 4.79 Å². The first-order valence-corrected chi connectivity index (χ1v) is 6.95. The zero-order valence-corrected chi connectivity index (χ0v) is 11.7. The molecule has 1 heterocycles. The Labute approximate surface area is 115 Å². The van der Waals surface area contributed by atoms with Crippen LogP contribution < -0.4 is 16.0 Å². The molecular weight excluding hydrogens is 238 g/mol. The quantitative estimate of drug-likeness (QED) is 0.865. The van der Waals surface area contributed by atoms with E-state index >= 15 is 0 Å². The number of carbonyl (C=O) groups is 1. The molecule has 104 valence electrons. The number of aryl methyl sites for hydroxylation is 1. The second-order valence-electron chi connectivity index (χ2n) is 5.32. The van der Waals surface area contributed by atoms with Crippen molar-refractivity contribution >= 4 is 11.6 Å². The molecule has 3 N–H and O–H groups in total. The highest BCUT2D eigenvalue weighted by atomic mass is 16.2. The molecular formula is C15H23N3O. The topological polar surface area (TPSA) is 58.4 Å². The molecule has 1 saturated heterocycles. The van der Waals surface area contributed by atoms with Crippen LogP contribution >= 0.6 is 0 Å². The maximum atomic E-state index is 12.3. The summed E-state index contributed by atoms with van der Waals surface area (Å²) in [5.41, 5.74) is 7.99. The van der Waals surface area contributed by atoms with Gasteiger partial charge < -0.3 is 16.0 Å². The highest BCUT2D eigenvalue weighted by Gasteiger charge is 2.29. The van der Waals surface area contributed by atoms with Crippen LogP contribution in [0, 0.1) is 6.92 Å². The third-order valence-corrected chi connectivity index (χ3v) is 3.64. The van der Waals surface area contributed by atoms with Crippen LogP contribution in [0.1, 0.15) is 25.3 Å². The third-order valence-electron chi connectivity index (χ3n) is 3.64. The predicted molar refractivity (Wildman–Crippen MR) is 78.2 cm³/mol. The van der Waals surface area contributed by atoms with Crippen molar-refractivity contribution in [2.24, 2.45) is 5.73 Å². The van der Waals surface area contributed by atoms with Crippen molar-refractivity contribution in [2.75, 3.05) is 18.0 Å². The lowest BCUT2D eigenvalue weighted by atomic mass is 10.1. The summed E-state index contributed by atoms with van der Waals surface area (Å²) in [5, 5.41) is 3.05. The summed E-state index contributed by atoms with van der Waals surface area (Å²) in [6.45, 7) is 5.53. The van der Waals surface area contributed by atoms with Crippen molar-refractivity contribution < 1.29 is 4.79 Å². The molecule has 4 heteroatoms. The lowest BCUT2D eigenvalue weighted by Crippen LogP contribution is -2.46. The van der Waals surface area contributed by atoms with E-state index in [1.54, 1.807) is 0 Å². The van der Waals surface area contributed by atoms with E-state index in [0.717, 1.165) is 18.7 Å². The second kappa shape index (κ2) is 6.06. The lowest BCUT2D eigenvalue weighted by molar-refractivity contribution is -0.122. The van der Waals surface area contributed by atoms with E-state index in [1.165, 1.54) is 5.56 Å². The van der Waals surface area contributed by atoms with Gasteiger partial charge in [0.1, 0.15) is 6.04 Å². The molecule has 1 aromatic carbocycles. The summed E-state index contributed by atoms with van der Waals surface area (Å²) in [6, 6.07) is 8.38. The number of nitrogens with zero attached hydrogens (tertiary/aromatic N) is 1. The van der Waals surface area contributed by atoms with Crippen LogP contribution in [0.5, 0.6) is 0 Å². The first-order valence-electron chi connectivity index (χ1n) is 6.95. The van der Waals surface area contributed by atoms with E-state index < -0.39 is 0 Å². The van der Waals surface area contributed by atoms with Crippen LogP contribution in [-0.2, 0) is 4.79 Å². The van der Waals surface area contributed by atoms with Crippen LogP contribution in [0.3, 0.4) is 0 Å². The SMILES string of the molecule is Cc1cccc(N2CCC(C)NC(=O)C2CCN)c1. The van der Waals surface area contributed by atoms with Gasteiger partial charge in [0.2, 0.25) is 5.91 Å². The first-order chi connectivity index (χ1) is 9.11. The van der Waals surface area contributed by atoms with Gasteiger partial charge in [-0.1, -0.05) is 12.1 Å². The maximum Gasteiger partial charge on any atom is 0.242 e. The summed E-state index contributed by atoms with van der Waals surface area (Å²) in [4.78, 5) is 14.5. The van der Waals surface area contributed by atoms with Crippen LogP contribution in [-0.4, -0.2) is 31.1 Å². The molecule has 0 spiro atoms. The minimum Gasteiger partial charge on any atom is -0.359 e. The van der Waals surface area contributed by atoms with E-state index in [2.05, 4.69) is 42.3 Å². The van der Waals surface area contributed by atoms with Gasteiger partial charge in [0.05, 0.1) is 0 Å². The van der Waals surface area contributed by atoms with Crippen molar-refractivity contribution in [1.82, 2.24) is 5.32 Å². The number of carbonyl (C=O) groups excluding carboxylic acids is 1. The van der Waals surface area contributed by atoms with Crippen LogP contribution in [0.2, 0.25) is 0 Å². The van der Waals surface area contributed by atoms with E-state index in [0.29, 0.717) is 13.0 Å². The van der Waals surface area contributed by atoms with Gasteiger partial charge in [-0.2, -0.15) is 0 Å². The summed E-state index contributed by atoms with van der Waals surface area (Å²) in [7, 11) is 0. The average molecular weight is 261 g/mol. The Balaban J connectivity index is 2.30. The fourth-order valence-corrected chi connectivity index (χ4v) is 2.60. The van der Waals surface area contributed by atoms with Crippen molar-refractivity contribution in [3.05, 3.63) is 29.8 Å². The van der Waals surface area contributed by atoms with Crippen molar-refractivity contribution in [3.8, 4) is 0 Å². The highest BCUT2D eigenvalue weighted by Crippen LogP contribution is 2.22. The fourth-order valence-electron chi connectivity index (χ4n) is 2.60. The van der Waals surface area contributed by atoms with Gasteiger partial charge in [-0.15, -0.1) is 0 Å². The van der Waals surface area contributed by atoms with E-state index in [9.17, 15) is 4.79 Å². The van der Waals surface area contributed by atoms with Crippen molar-refractivity contribution in [1.29, 1.82) is 0 Å². The van der Waals surface area contributed by atoms with Crippen LogP contribution in [0.4, 0.5) is 5.69 Å². The predicted octanol–water partition coefficient (Wildman–Crippen LogP) is 1.43. The van der Waals surface area contributed by atoms with Gasteiger partial charge in [-0.05, 0) is 50.9 Å². The minimum atomic E-state index is -0.156. The molecule has 1 amide bonds. The highest BCUT2D eigenvalue weighted by molar-refractivity contribution is 5.86. The number of hydrogen-bond donors (Lipinski definition) is 2. The summed E-state index contributed by atoms with van der Waals surface area (Å²) >= 11 is 0. The Hall–Kier alpha value is -1.55. The van der Waals surface area contributed by atoms with Gasteiger partial charge >= 0.3 is 0 Å². The summed E-state index contributed by atoms with van der Waals surface area (Å²) < 4.78 is 0. The Morgan fingerprint density at radius 3 is 2.95 bits per heavy atom. The Morgan fingerprint density at radius 2 is 2.26 bits per heavy atom. The third kappa shape index (κ3) is 3.26. The fraction of sp³-hybridized carbons (Fsp3) is 0.533. The average Bonchev–Trinajstić information content (AvgIpc) is 2.50. The Bertz CT molecular complexity index is 447. The number of anilines is 1. The Kier molecular flexibility index (Phi) is 4.43. The smallest absolute Gasteiger partial charge is 0.242 e. The van der Waals surface area contributed by atoms with Gasteiger partial charge in [-0.25, -0.2) is 0 Å². The molecule has 0 aromatic heterocycles. The molecule has 1 aromatic rings. The van der Waals surface area contributed by atoms with Crippen LogP contribution in [0.15, 0.2) is 24.3 Å². The van der Waals surface area contributed by atoms with E-state index in [-0.39, 0.29) is 18.0 Å². The molecule has 1 aliphatic heterocycles. The minimum absolute atomic E-state index is 0.0944. The molecule has 0 saturated carbocycles. The standard InChI is InChI=1S/C15H23N3O/c1-11-4-3-5-13(10-11)18-9-7-12(2)17-15(19)14(18)6-8-16/h3-5,10,12,14H,6-9,16H2,1-2H3,(H,17,19). The van der Waals surface area contributed by atoms with Gasteiger partial charge in [0, 0.05) is 18.3 Å². The van der Waals surface area contributed by atoms with Crippen molar-refractivity contribution in [3.63, 3.8) is 0 Å². The lowest BCUT2D eigenvalue weighted by Gasteiger charge is -2.30. The van der Waals surface area contributed by atoms with Crippen LogP contribution in [0.25, 0.3) is 0 Å². The second-order valence-corrected chi connectivity index (χ2v) is 5.32. The molecule has 2 unspecified atom stereocenters. The zero-order valence-electron chi connectivity index (χ0n) is 11.7. The zero-order chi connectivity index (χ0) is 13.8. The van der Waals surface area contributed by atoms with Gasteiger partial charge in [0.25, 0.3) is 0 Å². The number of benzene rings is 1. The molecule has 1 aliphatic rings. The summed E-state index contributed by atoms with van der Waals surface area (Å²) in [5.74, 6) is 0.0944. The molecule has 4 nitrogen and oxygen atoms in total.